The summed E-state index contributed by atoms with van der Waals surface area (Å²) in [4.78, 5) is 25.1. The number of aryl methyl sites for hydroxylation is 1. The molecule has 4 rings (SSSR count). The van der Waals surface area contributed by atoms with Crippen LogP contribution in [0.3, 0.4) is 0 Å². The molecule has 2 aliphatic heterocycles. The Morgan fingerprint density at radius 2 is 1.97 bits per heavy atom. The molecule has 1 aromatic carbocycles. The number of alkyl halides is 3. The molecule has 11 heteroatoms. The molecule has 2 saturated heterocycles. The summed E-state index contributed by atoms with van der Waals surface area (Å²) < 4.78 is 44.1. The largest absolute Gasteiger partial charge is 0.490 e. The van der Waals surface area contributed by atoms with Crippen LogP contribution in [0.2, 0.25) is 0 Å². The van der Waals surface area contributed by atoms with Gasteiger partial charge in [0.2, 0.25) is 0 Å². The van der Waals surface area contributed by atoms with Gasteiger partial charge >= 0.3 is 12.1 Å². The van der Waals surface area contributed by atoms with E-state index in [4.69, 9.17) is 19.4 Å². The number of carbonyl (C=O) groups excluding carboxylic acids is 1. The molecule has 192 valence electrons. The molecule has 1 aromatic heterocycles. The number of carbonyl (C=O) groups is 2. The van der Waals surface area contributed by atoms with Gasteiger partial charge in [0.15, 0.2) is 0 Å². The fourth-order valence-corrected chi connectivity index (χ4v) is 4.76. The van der Waals surface area contributed by atoms with E-state index in [1.807, 2.05) is 31.2 Å². The first-order valence-electron chi connectivity index (χ1n) is 11.2. The number of halogens is 3. The van der Waals surface area contributed by atoms with E-state index in [0.717, 1.165) is 44.6 Å². The molecule has 0 radical (unpaired) electrons. The zero-order valence-corrected chi connectivity index (χ0v) is 20.2. The van der Waals surface area contributed by atoms with Gasteiger partial charge in [0.1, 0.15) is 5.60 Å². The van der Waals surface area contributed by atoms with Gasteiger partial charge in [-0.3, -0.25) is 9.69 Å². The van der Waals surface area contributed by atoms with Crippen LogP contribution < -0.4 is 5.32 Å². The minimum absolute atomic E-state index is 0.0408. The quantitative estimate of drug-likeness (QED) is 0.630. The fourth-order valence-electron chi connectivity index (χ4n) is 4.02. The summed E-state index contributed by atoms with van der Waals surface area (Å²) in [5.41, 5.74) is 1.59. The lowest BCUT2D eigenvalue weighted by molar-refractivity contribution is -0.192. The molecule has 1 spiro atoms. The van der Waals surface area contributed by atoms with E-state index in [-0.39, 0.29) is 17.6 Å². The van der Waals surface area contributed by atoms with E-state index < -0.39 is 12.1 Å². The Labute approximate surface area is 205 Å². The summed E-state index contributed by atoms with van der Waals surface area (Å²) in [6, 6.07) is 11.9. The van der Waals surface area contributed by atoms with Gasteiger partial charge in [-0.25, -0.2) is 4.79 Å². The monoisotopic (exact) mass is 514 g/mol. The van der Waals surface area contributed by atoms with Crippen LogP contribution in [-0.2, 0) is 20.8 Å². The van der Waals surface area contributed by atoms with Crippen molar-refractivity contribution in [3.05, 3.63) is 57.8 Å². The third-order valence-electron chi connectivity index (χ3n) is 5.77. The Kier molecular flexibility index (Phi) is 9.28. The molecule has 2 atom stereocenters. The number of carboxylic acids is 1. The second-order valence-corrected chi connectivity index (χ2v) is 9.72. The first-order valence-corrected chi connectivity index (χ1v) is 12.1. The molecule has 3 heterocycles. The van der Waals surface area contributed by atoms with E-state index >= 15 is 0 Å². The second kappa shape index (κ2) is 12.0. The average Bonchev–Trinajstić information content (AvgIpc) is 3.40. The van der Waals surface area contributed by atoms with Crippen LogP contribution in [-0.4, -0.2) is 72.6 Å². The number of carboxylic acid groups (broad SMARTS) is 1. The van der Waals surface area contributed by atoms with Crippen LogP contribution in [0.25, 0.3) is 0 Å². The molecule has 1 amide bonds. The predicted molar refractivity (Wildman–Crippen MR) is 124 cm³/mol. The Hall–Kier alpha value is -2.47. The van der Waals surface area contributed by atoms with Crippen molar-refractivity contribution in [2.45, 2.75) is 44.2 Å². The van der Waals surface area contributed by atoms with Crippen LogP contribution in [0.15, 0.2) is 41.8 Å². The van der Waals surface area contributed by atoms with Crippen LogP contribution in [0.1, 0.15) is 33.6 Å². The lowest BCUT2D eigenvalue weighted by atomic mass is 10.00. The third-order valence-corrected chi connectivity index (χ3v) is 6.63. The highest BCUT2D eigenvalue weighted by molar-refractivity contribution is 7.09. The van der Waals surface area contributed by atoms with Crippen molar-refractivity contribution >= 4 is 23.2 Å². The van der Waals surface area contributed by atoms with Gasteiger partial charge in [0, 0.05) is 36.6 Å². The minimum atomic E-state index is -5.08. The number of hydrogen-bond acceptors (Lipinski definition) is 6. The Morgan fingerprint density at radius 3 is 2.60 bits per heavy atom. The number of nitrogens with one attached hydrogen (secondary N) is 1. The van der Waals surface area contributed by atoms with Crippen molar-refractivity contribution in [1.82, 2.24) is 10.2 Å². The van der Waals surface area contributed by atoms with Gasteiger partial charge in [0.05, 0.1) is 19.3 Å². The molecular weight excluding hydrogens is 485 g/mol. The number of aliphatic carboxylic acids is 1. The number of thiophene rings is 1. The van der Waals surface area contributed by atoms with Gasteiger partial charge in [0.25, 0.3) is 5.91 Å². The molecule has 7 nitrogen and oxygen atoms in total. The van der Waals surface area contributed by atoms with E-state index in [1.165, 1.54) is 4.88 Å². The molecular formula is C24H29F3N2O5S. The van der Waals surface area contributed by atoms with Gasteiger partial charge in [-0.15, -0.1) is 11.3 Å². The number of ether oxygens (including phenoxy) is 2. The van der Waals surface area contributed by atoms with Crippen LogP contribution in [0.4, 0.5) is 13.2 Å². The molecule has 2 unspecified atom stereocenters. The molecule has 2 aromatic rings. The molecule has 2 aliphatic rings. The SMILES string of the molecule is Cc1ccc(C(=O)NCC2CCC3(COCCN(Cc4cccs4)C3)O2)cc1.O=C(O)C(F)(F)F. The smallest absolute Gasteiger partial charge is 0.475 e. The topological polar surface area (TPSA) is 88.1 Å². The lowest BCUT2D eigenvalue weighted by Crippen LogP contribution is -2.45. The summed E-state index contributed by atoms with van der Waals surface area (Å²) >= 11 is 1.79. The summed E-state index contributed by atoms with van der Waals surface area (Å²) in [7, 11) is 0. The maximum Gasteiger partial charge on any atom is 0.490 e. The van der Waals surface area contributed by atoms with E-state index in [0.29, 0.717) is 18.7 Å². The Balaban J connectivity index is 0.000000429. The summed E-state index contributed by atoms with van der Waals surface area (Å²) in [6.45, 7) is 6.69. The van der Waals surface area contributed by atoms with E-state index in [9.17, 15) is 18.0 Å². The normalized spacial score (nSPS) is 22.8. The number of benzene rings is 1. The lowest BCUT2D eigenvalue weighted by Gasteiger charge is -2.31. The molecule has 0 aliphatic carbocycles. The number of hydrogen-bond donors (Lipinski definition) is 2. The molecule has 2 fully saturated rings. The fraction of sp³-hybridized carbons (Fsp3) is 0.500. The van der Waals surface area contributed by atoms with Crippen LogP contribution in [0, 0.1) is 6.92 Å². The van der Waals surface area contributed by atoms with Crippen molar-refractivity contribution < 1.29 is 37.3 Å². The maximum atomic E-state index is 12.4. The van der Waals surface area contributed by atoms with Crippen LogP contribution >= 0.6 is 11.3 Å². The Bertz CT molecular complexity index is 969. The zero-order chi connectivity index (χ0) is 25.5. The van der Waals surface area contributed by atoms with Gasteiger partial charge < -0.3 is 19.9 Å². The van der Waals surface area contributed by atoms with Crippen molar-refractivity contribution in [3.8, 4) is 0 Å². The summed E-state index contributed by atoms with van der Waals surface area (Å²) in [5.74, 6) is -2.80. The van der Waals surface area contributed by atoms with Gasteiger partial charge in [-0.2, -0.15) is 13.2 Å². The third kappa shape index (κ3) is 8.31. The molecule has 0 bridgehead atoms. The summed E-state index contributed by atoms with van der Waals surface area (Å²) in [6.07, 6.45) is -3.12. The second-order valence-electron chi connectivity index (χ2n) is 8.68. The Morgan fingerprint density at radius 1 is 1.26 bits per heavy atom. The van der Waals surface area contributed by atoms with E-state index in [2.05, 4.69) is 27.7 Å². The van der Waals surface area contributed by atoms with Crippen molar-refractivity contribution in [2.75, 3.05) is 32.8 Å². The standard InChI is InChI=1S/C22H28N2O3S.C2HF3O2/c1-17-4-6-18(7-5-17)21(25)23-13-19-8-9-22(27-19)15-24(10-11-26-16-22)14-20-3-2-12-28-20;3-2(4,5)1(6)7/h2-7,12,19H,8-11,13-16H2,1H3,(H,23,25);(H,6,7). The summed E-state index contributed by atoms with van der Waals surface area (Å²) in [5, 5.41) is 12.3. The van der Waals surface area contributed by atoms with Gasteiger partial charge in [-0.1, -0.05) is 23.8 Å². The number of amides is 1. The highest BCUT2D eigenvalue weighted by Crippen LogP contribution is 2.33. The number of rotatable bonds is 5. The number of nitrogens with zero attached hydrogens (tertiary/aromatic N) is 1. The van der Waals surface area contributed by atoms with E-state index in [1.54, 1.807) is 11.3 Å². The zero-order valence-electron chi connectivity index (χ0n) is 19.3. The minimum Gasteiger partial charge on any atom is -0.475 e. The maximum absolute atomic E-state index is 12.4. The van der Waals surface area contributed by atoms with Crippen molar-refractivity contribution in [3.63, 3.8) is 0 Å². The molecule has 35 heavy (non-hydrogen) atoms. The molecule has 2 N–H and O–H groups in total. The average molecular weight is 515 g/mol. The van der Waals surface area contributed by atoms with Gasteiger partial charge in [-0.05, 0) is 43.3 Å². The van der Waals surface area contributed by atoms with Crippen molar-refractivity contribution in [2.24, 2.45) is 0 Å². The van der Waals surface area contributed by atoms with Crippen molar-refractivity contribution in [1.29, 1.82) is 0 Å². The highest BCUT2D eigenvalue weighted by atomic mass is 32.1. The molecule has 0 saturated carbocycles. The predicted octanol–water partition coefficient (Wildman–Crippen LogP) is 3.87. The van der Waals surface area contributed by atoms with Crippen LogP contribution in [0.5, 0.6) is 0 Å². The first-order chi connectivity index (χ1) is 16.6. The first kappa shape index (κ1) is 27.1. The highest BCUT2D eigenvalue weighted by Gasteiger charge is 2.43.